The fourth-order valence-electron chi connectivity index (χ4n) is 2.30. The molecule has 0 saturated carbocycles. The number of nitrogen functional groups attached to an aromatic ring is 1. The van der Waals surface area contributed by atoms with Crippen LogP contribution in [0.3, 0.4) is 0 Å². The maximum absolute atomic E-state index is 11.3. The zero-order chi connectivity index (χ0) is 15.1. The number of furan rings is 1. The number of nitro groups is 1. The van der Waals surface area contributed by atoms with Gasteiger partial charge in [-0.15, -0.1) is 0 Å². The molecule has 0 fully saturated rings. The standard InChI is InChI=1S/C14H12N4O3/c1-7-4-3-5-9-6-10(21-13(7)9)11-12(18(19)20)8(2)16-14(15)17-11/h3-6H,1-2H3,(H2,15,16,17). The first-order chi connectivity index (χ1) is 9.97. The zero-order valence-corrected chi connectivity index (χ0v) is 11.5. The van der Waals surface area contributed by atoms with Crippen molar-refractivity contribution in [2.24, 2.45) is 0 Å². The van der Waals surface area contributed by atoms with Gasteiger partial charge >= 0.3 is 5.69 Å². The van der Waals surface area contributed by atoms with E-state index in [1.807, 2.05) is 25.1 Å². The molecule has 0 aliphatic heterocycles. The molecule has 0 saturated heterocycles. The molecule has 0 atom stereocenters. The van der Waals surface area contributed by atoms with Crippen molar-refractivity contribution in [2.45, 2.75) is 13.8 Å². The van der Waals surface area contributed by atoms with E-state index in [1.54, 1.807) is 6.07 Å². The van der Waals surface area contributed by atoms with Gasteiger partial charge in [-0.3, -0.25) is 10.1 Å². The fraction of sp³-hybridized carbons (Fsp3) is 0.143. The van der Waals surface area contributed by atoms with Crippen molar-refractivity contribution in [1.29, 1.82) is 0 Å². The molecule has 21 heavy (non-hydrogen) atoms. The van der Waals surface area contributed by atoms with E-state index in [2.05, 4.69) is 9.97 Å². The Hall–Kier alpha value is -2.96. The molecule has 7 heteroatoms. The summed E-state index contributed by atoms with van der Waals surface area (Å²) in [5, 5.41) is 12.1. The summed E-state index contributed by atoms with van der Waals surface area (Å²) in [6.45, 7) is 3.43. The van der Waals surface area contributed by atoms with Crippen molar-refractivity contribution in [3.8, 4) is 11.5 Å². The maximum Gasteiger partial charge on any atom is 0.319 e. The smallest absolute Gasteiger partial charge is 0.319 e. The van der Waals surface area contributed by atoms with Crippen LogP contribution in [0.1, 0.15) is 11.3 Å². The van der Waals surface area contributed by atoms with E-state index in [-0.39, 0.29) is 23.0 Å². The van der Waals surface area contributed by atoms with E-state index >= 15 is 0 Å². The van der Waals surface area contributed by atoms with Crippen LogP contribution in [-0.2, 0) is 0 Å². The second-order valence-corrected chi connectivity index (χ2v) is 4.73. The highest BCUT2D eigenvalue weighted by Gasteiger charge is 2.25. The molecule has 3 aromatic rings. The van der Waals surface area contributed by atoms with Crippen LogP contribution < -0.4 is 5.73 Å². The summed E-state index contributed by atoms with van der Waals surface area (Å²) in [6, 6.07) is 7.39. The van der Waals surface area contributed by atoms with Crippen molar-refractivity contribution in [2.75, 3.05) is 5.73 Å². The summed E-state index contributed by atoms with van der Waals surface area (Å²) in [4.78, 5) is 18.5. The summed E-state index contributed by atoms with van der Waals surface area (Å²) < 4.78 is 5.74. The summed E-state index contributed by atoms with van der Waals surface area (Å²) in [7, 11) is 0. The normalized spacial score (nSPS) is 11.0. The lowest BCUT2D eigenvalue weighted by molar-refractivity contribution is -0.385. The molecule has 2 N–H and O–H groups in total. The van der Waals surface area contributed by atoms with Gasteiger partial charge < -0.3 is 10.2 Å². The largest absolute Gasteiger partial charge is 0.454 e. The SMILES string of the molecule is Cc1nc(N)nc(-c2cc3cccc(C)c3o2)c1[N+](=O)[O-]. The fourth-order valence-corrected chi connectivity index (χ4v) is 2.30. The van der Waals surface area contributed by atoms with Gasteiger partial charge in [0, 0.05) is 5.39 Å². The molecule has 0 radical (unpaired) electrons. The minimum Gasteiger partial charge on any atom is -0.454 e. The van der Waals surface area contributed by atoms with Gasteiger partial charge in [0.15, 0.2) is 11.5 Å². The van der Waals surface area contributed by atoms with Gasteiger partial charge in [0.25, 0.3) is 0 Å². The molecule has 2 aromatic heterocycles. The van der Waals surface area contributed by atoms with E-state index in [9.17, 15) is 10.1 Å². The molecule has 1 aromatic carbocycles. The lowest BCUT2D eigenvalue weighted by atomic mass is 10.1. The third kappa shape index (κ3) is 2.08. The number of benzene rings is 1. The van der Waals surface area contributed by atoms with E-state index in [1.165, 1.54) is 6.92 Å². The average molecular weight is 284 g/mol. The van der Waals surface area contributed by atoms with Gasteiger partial charge in [0.05, 0.1) is 4.92 Å². The number of rotatable bonds is 2. The Labute approximate surface area is 119 Å². The highest BCUT2D eigenvalue weighted by molar-refractivity contribution is 5.86. The molecular weight excluding hydrogens is 272 g/mol. The van der Waals surface area contributed by atoms with E-state index in [4.69, 9.17) is 10.2 Å². The number of hydrogen-bond donors (Lipinski definition) is 1. The Kier molecular flexibility index (Phi) is 2.83. The summed E-state index contributed by atoms with van der Waals surface area (Å²) >= 11 is 0. The molecule has 7 nitrogen and oxygen atoms in total. The number of para-hydroxylation sites is 1. The number of anilines is 1. The van der Waals surface area contributed by atoms with E-state index in [0.29, 0.717) is 11.3 Å². The quantitative estimate of drug-likeness (QED) is 0.572. The van der Waals surface area contributed by atoms with Crippen molar-refractivity contribution < 1.29 is 9.34 Å². The van der Waals surface area contributed by atoms with E-state index < -0.39 is 4.92 Å². The number of fused-ring (bicyclic) bond motifs is 1. The predicted octanol–water partition coefficient (Wildman–Crippen LogP) is 3.00. The number of hydrogen-bond acceptors (Lipinski definition) is 6. The van der Waals surface area contributed by atoms with Crippen LogP contribution in [0.5, 0.6) is 0 Å². The van der Waals surface area contributed by atoms with Gasteiger partial charge in [0.1, 0.15) is 11.3 Å². The highest BCUT2D eigenvalue weighted by Crippen LogP contribution is 2.35. The Bertz CT molecular complexity index is 870. The van der Waals surface area contributed by atoms with Gasteiger partial charge in [-0.1, -0.05) is 18.2 Å². The average Bonchev–Trinajstić information content (AvgIpc) is 2.82. The summed E-state index contributed by atoms with van der Waals surface area (Å²) in [5.74, 6) is 0.286. The van der Waals surface area contributed by atoms with Gasteiger partial charge in [0.2, 0.25) is 5.95 Å². The molecule has 3 rings (SSSR count). The predicted molar refractivity (Wildman–Crippen MR) is 77.8 cm³/mol. The monoisotopic (exact) mass is 284 g/mol. The second-order valence-electron chi connectivity index (χ2n) is 4.73. The molecule has 0 amide bonds. The number of nitrogens with two attached hydrogens (primary N) is 1. The van der Waals surface area contributed by atoms with Crippen LogP contribution in [0, 0.1) is 24.0 Å². The summed E-state index contributed by atoms with van der Waals surface area (Å²) in [5.41, 5.74) is 7.34. The minimum atomic E-state index is -0.524. The third-order valence-electron chi connectivity index (χ3n) is 3.23. The molecule has 2 heterocycles. The lowest BCUT2D eigenvalue weighted by Crippen LogP contribution is -2.04. The van der Waals surface area contributed by atoms with Gasteiger partial charge in [-0.05, 0) is 25.5 Å². The molecule has 0 aliphatic carbocycles. The maximum atomic E-state index is 11.3. The number of aromatic nitrogens is 2. The van der Waals surface area contributed by atoms with Crippen LogP contribution in [0.4, 0.5) is 11.6 Å². The molecule has 0 bridgehead atoms. The van der Waals surface area contributed by atoms with Crippen LogP contribution >= 0.6 is 0 Å². The van der Waals surface area contributed by atoms with Gasteiger partial charge in [-0.25, -0.2) is 9.97 Å². The molecule has 106 valence electrons. The van der Waals surface area contributed by atoms with Crippen LogP contribution in [0.25, 0.3) is 22.4 Å². The van der Waals surface area contributed by atoms with Crippen LogP contribution in [0.15, 0.2) is 28.7 Å². The number of nitrogens with zero attached hydrogens (tertiary/aromatic N) is 3. The van der Waals surface area contributed by atoms with Gasteiger partial charge in [-0.2, -0.15) is 0 Å². The number of aryl methyl sites for hydroxylation is 2. The van der Waals surface area contributed by atoms with Crippen molar-refractivity contribution >= 4 is 22.6 Å². The molecule has 0 spiro atoms. The molecule has 0 aliphatic rings. The Morgan fingerprint density at radius 2 is 2.05 bits per heavy atom. The first-order valence-corrected chi connectivity index (χ1v) is 6.25. The highest BCUT2D eigenvalue weighted by atomic mass is 16.6. The minimum absolute atomic E-state index is 0.0229. The van der Waals surface area contributed by atoms with Crippen molar-refractivity contribution in [1.82, 2.24) is 9.97 Å². The lowest BCUT2D eigenvalue weighted by Gasteiger charge is -2.02. The van der Waals surface area contributed by atoms with Crippen molar-refractivity contribution in [3.05, 3.63) is 45.6 Å². The Balaban J connectivity index is 2.32. The third-order valence-corrected chi connectivity index (χ3v) is 3.23. The Morgan fingerprint density at radius 1 is 1.29 bits per heavy atom. The Morgan fingerprint density at radius 3 is 2.71 bits per heavy atom. The van der Waals surface area contributed by atoms with Crippen molar-refractivity contribution in [3.63, 3.8) is 0 Å². The second kappa shape index (κ2) is 4.55. The van der Waals surface area contributed by atoms with E-state index in [0.717, 1.165) is 10.9 Å². The first-order valence-electron chi connectivity index (χ1n) is 6.25. The zero-order valence-electron chi connectivity index (χ0n) is 11.5. The first kappa shape index (κ1) is 13.0. The van der Waals surface area contributed by atoms with Crippen LogP contribution in [0.2, 0.25) is 0 Å². The molecule has 0 unspecified atom stereocenters. The molecular formula is C14H12N4O3. The topological polar surface area (TPSA) is 108 Å². The van der Waals surface area contributed by atoms with Crippen LogP contribution in [-0.4, -0.2) is 14.9 Å². The summed E-state index contributed by atoms with van der Waals surface area (Å²) in [6.07, 6.45) is 0.